The number of carbonyl (C=O) groups is 1. The van der Waals surface area contributed by atoms with E-state index >= 15 is 0 Å². The number of rotatable bonds is 6. The molecule has 0 spiro atoms. The number of nitrogens with zero attached hydrogens (tertiary/aromatic N) is 1. The van der Waals surface area contributed by atoms with E-state index in [0.29, 0.717) is 11.4 Å². The molecule has 0 aliphatic rings. The summed E-state index contributed by atoms with van der Waals surface area (Å²) in [5.74, 6) is 1.30. The van der Waals surface area contributed by atoms with E-state index in [4.69, 9.17) is 4.74 Å². The van der Waals surface area contributed by atoms with Gasteiger partial charge in [0.1, 0.15) is 5.75 Å². The highest BCUT2D eigenvalue weighted by atomic mass is 16.5. The Morgan fingerprint density at radius 2 is 2.00 bits per heavy atom. The summed E-state index contributed by atoms with van der Waals surface area (Å²) < 4.78 is 5.74. The molecule has 0 bridgehead atoms. The van der Waals surface area contributed by atoms with Gasteiger partial charge in [0.05, 0.1) is 0 Å². The molecule has 3 nitrogen and oxygen atoms in total. The lowest BCUT2D eigenvalue weighted by atomic mass is 10.1. The molecule has 3 heteroatoms. The molecular weight excluding hydrogens is 250 g/mol. The molecule has 0 N–H and O–H groups in total. The van der Waals surface area contributed by atoms with E-state index in [9.17, 15) is 4.79 Å². The van der Waals surface area contributed by atoms with Crippen LogP contribution in [-0.2, 0) is 6.42 Å². The molecule has 0 unspecified atom stereocenters. The molecule has 2 rings (SSSR count). The Bertz CT molecular complexity index is 576. The van der Waals surface area contributed by atoms with Crippen LogP contribution in [0.2, 0.25) is 0 Å². The number of hydrogen-bond acceptors (Lipinski definition) is 3. The smallest absolute Gasteiger partial charge is 0.222 e. The fourth-order valence-corrected chi connectivity index (χ4v) is 1.97. The zero-order valence-electron chi connectivity index (χ0n) is 11.9. The zero-order valence-corrected chi connectivity index (χ0v) is 11.9. The van der Waals surface area contributed by atoms with Gasteiger partial charge in [-0.1, -0.05) is 25.5 Å². The maximum Gasteiger partial charge on any atom is 0.222 e. The number of aromatic nitrogens is 1. The van der Waals surface area contributed by atoms with Gasteiger partial charge in [-0.3, -0.25) is 4.79 Å². The molecular formula is C17H19NO2. The average molecular weight is 269 g/mol. The van der Waals surface area contributed by atoms with Gasteiger partial charge in [-0.2, -0.15) is 0 Å². The number of unbranched alkanes of at least 4 members (excludes halogenated alkanes) is 1. The summed E-state index contributed by atoms with van der Waals surface area (Å²) in [5, 5.41) is 0. The highest BCUT2D eigenvalue weighted by molar-refractivity contribution is 5.74. The Balaban J connectivity index is 2.08. The van der Waals surface area contributed by atoms with Crippen LogP contribution in [0.5, 0.6) is 11.6 Å². The average Bonchev–Trinajstić information content (AvgIpc) is 2.48. The molecule has 1 heterocycles. The standard InChI is InChI=1S/C17H19NO2/c1-3-4-5-14-6-8-16(9-7-14)20-17-13(2)10-15(12-19)11-18-17/h6-12H,3-5H2,1-2H3. The van der Waals surface area contributed by atoms with Crippen LogP contribution in [-0.4, -0.2) is 11.3 Å². The van der Waals surface area contributed by atoms with Crippen LogP contribution < -0.4 is 4.74 Å². The van der Waals surface area contributed by atoms with Crippen molar-refractivity contribution in [1.82, 2.24) is 4.98 Å². The number of aldehydes is 1. The molecule has 2 aromatic rings. The van der Waals surface area contributed by atoms with Crippen LogP contribution in [0.25, 0.3) is 0 Å². The van der Waals surface area contributed by atoms with Gasteiger partial charge in [0.2, 0.25) is 5.88 Å². The molecule has 0 aliphatic heterocycles. The van der Waals surface area contributed by atoms with Gasteiger partial charge in [0.25, 0.3) is 0 Å². The summed E-state index contributed by atoms with van der Waals surface area (Å²) >= 11 is 0. The van der Waals surface area contributed by atoms with E-state index in [0.717, 1.165) is 24.0 Å². The lowest BCUT2D eigenvalue weighted by Crippen LogP contribution is -1.94. The molecule has 20 heavy (non-hydrogen) atoms. The normalized spacial score (nSPS) is 10.3. The van der Waals surface area contributed by atoms with Crippen LogP contribution in [0.4, 0.5) is 0 Å². The number of ether oxygens (including phenoxy) is 1. The number of benzene rings is 1. The third kappa shape index (κ3) is 3.67. The van der Waals surface area contributed by atoms with E-state index < -0.39 is 0 Å². The van der Waals surface area contributed by atoms with Crippen LogP contribution >= 0.6 is 0 Å². The summed E-state index contributed by atoms with van der Waals surface area (Å²) in [7, 11) is 0. The third-order valence-electron chi connectivity index (χ3n) is 3.14. The summed E-state index contributed by atoms with van der Waals surface area (Å²) in [6.07, 6.45) is 5.80. The molecule has 0 atom stereocenters. The van der Waals surface area contributed by atoms with Gasteiger partial charge in [0.15, 0.2) is 6.29 Å². The van der Waals surface area contributed by atoms with Crippen LogP contribution in [0.1, 0.15) is 41.3 Å². The Hall–Kier alpha value is -2.16. The fraction of sp³-hybridized carbons (Fsp3) is 0.294. The van der Waals surface area contributed by atoms with E-state index in [1.54, 1.807) is 6.07 Å². The minimum absolute atomic E-state index is 0.539. The maximum absolute atomic E-state index is 10.7. The van der Waals surface area contributed by atoms with Crippen molar-refractivity contribution in [1.29, 1.82) is 0 Å². The van der Waals surface area contributed by atoms with Crippen molar-refractivity contribution in [2.24, 2.45) is 0 Å². The summed E-state index contributed by atoms with van der Waals surface area (Å²) in [5.41, 5.74) is 2.73. The van der Waals surface area contributed by atoms with Gasteiger partial charge in [-0.25, -0.2) is 4.98 Å². The van der Waals surface area contributed by atoms with Crippen LogP contribution in [0.3, 0.4) is 0 Å². The lowest BCUT2D eigenvalue weighted by molar-refractivity contribution is 0.112. The summed E-state index contributed by atoms with van der Waals surface area (Å²) in [6, 6.07) is 9.85. The second-order valence-electron chi connectivity index (χ2n) is 4.86. The molecule has 0 radical (unpaired) electrons. The van der Waals surface area contributed by atoms with E-state index in [1.807, 2.05) is 19.1 Å². The topological polar surface area (TPSA) is 39.2 Å². The maximum atomic E-state index is 10.7. The van der Waals surface area contributed by atoms with Crippen molar-refractivity contribution in [2.75, 3.05) is 0 Å². The van der Waals surface area contributed by atoms with E-state index in [-0.39, 0.29) is 0 Å². The largest absolute Gasteiger partial charge is 0.439 e. The minimum Gasteiger partial charge on any atom is -0.439 e. The Labute approximate surface area is 119 Å². The Kier molecular flexibility index (Phi) is 4.88. The Morgan fingerprint density at radius 3 is 2.60 bits per heavy atom. The molecule has 0 saturated heterocycles. The number of carbonyl (C=O) groups excluding carboxylic acids is 1. The first-order chi connectivity index (χ1) is 9.72. The van der Waals surface area contributed by atoms with Gasteiger partial charge in [-0.05, 0) is 43.5 Å². The zero-order chi connectivity index (χ0) is 14.4. The van der Waals surface area contributed by atoms with E-state index in [2.05, 4.69) is 24.0 Å². The van der Waals surface area contributed by atoms with Crippen molar-refractivity contribution < 1.29 is 9.53 Å². The predicted octanol–water partition coefficient (Wildman–Crippen LogP) is 4.34. The summed E-state index contributed by atoms with van der Waals surface area (Å²) in [6.45, 7) is 4.07. The first-order valence-corrected chi connectivity index (χ1v) is 6.91. The van der Waals surface area contributed by atoms with E-state index in [1.165, 1.54) is 24.6 Å². The number of pyridine rings is 1. The molecule has 0 aliphatic carbocycles. The van der Waals surface area contributed by atoms with Gasteiger partial charge in [-0.15, -0.1) is 0 Å². The first-order valence-electron chi connectivity index (χ1n) is 6.91. The van der Waals surface area contributed by atoms with Crippen LogP contribution in [0.15, 0.2) is 36.5 Å². The predicted molar refractivity (Wildman–Crippen MR) is 79.5 cm³/mol. The van der Waals surface area contributed by atoms with Gasteiger partial charge < -0.3 is 4.74 Å². The monoisotopic (exact) mass is 269 g/mol. The molecule has 104 valence electrons. The van der Waals surface area contributed by atoms with Crippen molar-refractivity contribution in [2.45, 2.75) is 33.1 Å². The second-order valence-corrected chi connectivity index (χ2v) is 4.86. The number of hydrogen-bond donors (Lipinski definition) is 0. The highest BCUT2D eigenvalue weighted by Gasteiger charge is 2.04. The quantitative estimate of drug-likeness (QED) is 0.732. The van der Waals surface area contributed by atoms with Crippen molar-refractivity contribution in [3.63, 3.8) is 0 Å². The van der Waals surface area contributed by atoms with Crippen molar-refractivity contribution >= 4 is 6.29 Å². The number of aryl methyl sites for hydroxylation is 2. The Morgan fingerprint density at radius 1 is 1.25 bits per heavy atom. The van der Waals surface area contributed by atoms with Gasteiger partial charge in [0, 0.05) is 17.3 Å². The second kappa shape index (κ2) is 6.85. The molecule has 1 aromatic heterocycles. The first kappa shape index (κ1) is 14.3. The molecule has 1 aromatic carbocycles. The van der Waals surface area contributed by atoms with Crippen LogP contribution in [0, 0.1) is 6.92 Å². The summed E-state index contributed by atoms with van der Waals surface area (Å²) in [4.78, 5) is 14.8. The fourth-order valence-electron chi connectivity index (χ4n) is 1.97. The molecule has 0 amide bonds. The molecule has 0 saturated carbocycles. The van der Waals surface area contributed by atoms with Crippen molar-refractivity contribution in [3.05, 3.63) is 53.2 Å². The van der Waals surface area contributed by atoms with Crippen molar-refractivity contribution in [3.8, 4) is 11.6 Å². The lowest BCUT2D eigenvalue weighted by Gasteiger charge is -2.08. The SMILES string of the molecule is CCCCc1ccc(Oc2ncc(C=O)cc2C)cc1. The minimum atomic E-state index is 0.539. The van der Waals surface area contributed by atoms with Gasteiger partial charge >= 0.3 is 0 Å². The third-order valence-corrected chi connectivity index (χ3v) is 3.14. The highest BCUT2D eigenvalue weighted by Crippen LogP contribution is 2.23. The molecule has 0 fully saturated rings.